The van der Waals surface area contributed by atoms with Crippen molar-refractivity contribution in [3.05, 3.63) is 23.0 Å². The molecule has 4 rings (SSSR count). The quantitative estimate of drug-likeness (QED) is 0.687. The van der Waals surface area contributed by atoms with Crippen molar-refractivity contribution in [1.82, 2.24) is 19.7 Å². The highest BCUT2D eigenvalue weighted by atomic mass is 35.5. The van der Waals surface area contributed by atoms with E-state index in [0.29, 0.717) is 11.7 Å². The molecule has 26 heavy (non-hydrogen) atoms. The van der Waals surface area contributed by atoms with Crippen LogP contribution in [0.5, 0.6) is 0 Å². The first-order valence-corrected chi connectivity index (χ1v) is 9.57. The molecular formula is C19H25ClN4O2. The second-order valence-electron chi connectivity index (χ2n) is 8.61. The fraction of sp³-hybridized carbons (Fsp3) is 0.632. The summed E-state index contributed by atoms with van der Waals surface area (Å²) in [7, 11) is 0. The van der Waals surface area contributed by atoms with Crippen LogP contribution in [0.25, 0.3) is 11.0 Å². The van der Waals surface area contributed by atoms with Crippen LogP contribution >= 0.6 is 11.6 Å². The highest BCUT2D eigenvalue weighted by molar-refractivity contribution is 6.29. The van der Waals surface area contributed by atoms with Gasteiger partial charge in [-0.3, -0.25) is 4.68 Å². The number of ether oxygens (including phenoxy) is 1. The second kappa shape index (κ2) is 5.84. The highest BCUT2D eigenvalue weighted by Gasteiger charge is 2.54. The van der Waals surface area contributed by atoms with Crippen molar-refractivity contribution in [2.45, 2.75) is 70.6 Å². The van der Waals surface area contributed by atoms with Crippen molar-refractivity contribution >= 4 is 28.7 Å². The summed E-state index contributed by atoms with van der Waals surface area (Å²) in [5, 5.41) is 5.25. The molecule has 1 unspecified atom stereocenters. The van der Waals surface area contributed by atoms with Crippen molar-refractivity contribution in [2.24, 2.45) is 0 Å². The van der Waals surface area contributed by atoms with Gasteiger partial charge in [-0.25, -0.2) is 9.78 Å². The van der Waals surface area contributed by atoms with Crippen molar-refractivity contribution in [1.29, 1.82) is 0 Å². The van der Waals surface area contributed by atoms with E-state index in [4.69, 9.17) is 21.4 Å². The number of piperidine rings is 1. The normalized spacial score (nSPS) is 22.0. The van der Waals surface area contributed by atoms with Gasteiger partial charge in [-0.05, 0) is 65.0 Å². The van der Waals surface area contributed by atoms with Crippen LogP contribution < -0.4 is 0 Å². The standard InChI is InChI=1S/C19H25ClN4O2/c1-12-9-15(20)21-14-11-24(22-16(12)14)13-5-8-23(19(10-13)6-7-19)17(25)26-18(2,3)4/h9,11,13H,5-8,10H2,1-4H3. The monoisotopic (exact) mass is 376 g/mol. The Labute approximate surface area is 158 Å². The zero-order chi connectivity index (χ0) is 18.7. The van der Waals surface area contributed by atoms with Crippen molar-refractivity contribution in [2.75, 3.05) is 6.54 Å². The summed E-state index contributed by atoms with van der Waals surface area (Å²) < 4.78 is 7.63. The van der Waals surface area contributed by atoms with Crippen molar-refractivity contribution in [3.8, 4) is 0 Å². The maximum atomic E-state index is 12.6. The van der Waals surface area contributed by atoms with Crippen LogP contribution in [-0.4, -0.2) is 43.4 Å². The first kappa shape index (κ1) is 17.6. The van der Waals surface area contributed by atoms with Crippen LogP contribution in [-0.2, 0) is 4.74 Å². The van der Waals surface area contributed by atoms with Gasteiger partial charge in [0.1, 0.15) is 21.8 Å². The lowest BCUT2D eigenvalue weighted by Crippen LogP contribution is -2.50. The van der Waals surface area contributed by atoms with Crippen LogP contribution in [0.3, 0.4) is 0 Å². The van der Waals surface area contributed by atoms with E-state index in [1.165, 1.54) is 0 Å². The van der Waals surface area contributed by atoms with E-state index in [0.717, 1.165) is 42.3 Å². The third-order valence-electron chi connectivity index (χ3n) is 5.34. The van der Waals surface area contributed by atoms with Crippen molar-refractivity contribution < 1.29 is 9.53 Å². The minimum Gasteiger partial charge on any atom is -0.444 e. The third-order valence-corrected chi connectivity index (χ3v) is 5.53. The molecule has 3 heterocycles. The number of fused-ring (bicyclic) bond motifs is 1. The number of carbonyl (C=O) groups excluding carboxylic acids is 1. The number of nitrogens with zero attached hydrogens (tertiary/aromatic N) is 4. The lowest BCUT2D eigenvalue weighted by atomic mass is 9.95. The number of hydrogen-bond acceptors (Lipinski definition) is 4. The summed E-state index contributed by atoms with van der Waals surface area (Å²) in [5.41, 5.74) is 2.23. The van der Waals surface area contributed by atoms with Gasteiger partial charge in [-0.15, -0.1) is 0 Å². The summed E-state index contributed by atoms with van der Waals surface area (Å²) in [6, 6.07) is 2.11. The minimum absolute atomic E-state index is 0.0660. The molecule has 2 aliphatic rings. The molecule has 0 N–H and O–H groups in total. The first-order valence-electron chi connectivity index (χ1n) is 9.20. The molecule has 7 heteroatoms. The number of hydrogen-bond donors (Lipinski definition) is 0. The van der Waals surface area contributed by atoms with Gasteiger partial charge in [0.2, 0.25) is 0 Å². The Kier molecular flexibility index (Phi) is 3.95. The Morgan fingerprint density at radius 3 is 2.77 bits per heavy atom. The predicted molar refractivity (Wildman–Crippen MR) is 100 cm³/mol. The number of rotatable bonds is 1. The molecule has 2 aromatic rings. The van der Waals surface area contributed by atoms with Gasteiger partial charge in [0.05, 0.1) is 12.2 Å². The van der Waals surface area contributed by atoms with Crippen LogP contribution in [0.4, 0.5) is 4.79 Å². The zero-order valence-corrected chi connectivity index (χ0v) is 16.5. The van der Waals surface area contributed by atoms with Gasteiger partial charge in [-0.2, -0.15) is 5.10 Å². The average molecular weight is 377 g/mol. The third kappa shape index (κ3) is 3.15. The van der Waals surface area contributed by atoms with E-state index >= 15 is 0 Å². The molecule has 140 valence electrons. The molecule has 1 atom stereocenters. The molecule has 1 spiro atoms. The number of pyridine rings is 1. The SMILES string of the molecule is Cc1cc(Cl)nc2cn(C3CCN(C(=O)OC(C)(C)C)C4(CC4)C3)nc12. The van der Waals surface area contributed by atoms with E-state index < -0.39 is 5.60 Å². The number of likely N-dealkylation sites (tertiary alicyclic amines) is 1. The number of aryl methyl sites for hydroxylation is 1. The van der Waals surface area contributed by atoms with Crippen LogP contribution in [0.15, 0.2) is 12.3 Å². The molecule has 0 radical (unpaired) electrons. The van der Waals surface area contributed by atoms with Gasteiger partial charge in [-0.1, -0.05) is 11.6 Å². The van der Waals surface area contributed by atoms with Crippen LogP contribution in [0.1, 0.15) is 58.1 Å². The summed E-state index contributed by atoms with van der Waals surface area (Å²) in [6.45, 7) is 8.43. The Balaban J connectivity index is 1.55. The molecule has 2 aromatic heterocycles. The Hall–Kier alpha value is -1.82. The molecule has 1 amide bonds. The summed E-state index contributed by atoms with van der Waals surface area (Å²) in [6.07, 6.45) is 5.63. The summed E-state index contributed by atoms with van der Waals surface area (Å²) in [5.74, 6) is 0. The molecule has 1 aliphatic heterocycles. The minimum atomic E-state index is -0.466. The van der Waals surface area contributed by atoms with Gasteiger partial charge in [0.15, 0.2) is 0 Å². The fourth-order valence-electron chi connectivity index (χ4n) is 3.94. The number of amides is 1. The highest BCUT2D eigenvalue weighted by Crippen LogP contribution is 2.51. The van der Waals surface area contributed by atoms with E-state index in [1.54, 1.807) is 0 Å². The van der Waals surface area contributed by atoms with Crippen LogP contribution in [0, 0.1) is 6.92 Å². The number of halogens is 1. The molecule has 0 bridgehead atoms. The molecule has 0 aromatic carbocycles. The molecule has 1 saturated carbocycles. The molecule has 1 aliphatic carbocycles. The van der Waals surface area contributed by atoms with E-state index in [2.05, 4.69) is 4.98 Å². The topological polar surface area (TPSA) is 60.2 Å². The van der Waals surface area contributed by atoms with Crippen molar-refractivity contribution in [3.63, 3.8) is 0 Å². The van der Waals surface area contributed by atoms with Gasteiger partial charge >= 0.3 is 6.09 Å². The van der Waals surface area contributed by atoms with Gasteiger partial charge in [0.25, 0.3) is 0 Å². The Morgan fingerprint density at radius 2 is 2.12 bits per heavy atom. The van der Waals surface area contributed by atoms with E-state index in [9.17, 15) is 4.79 Å². The molecule has 2 fully saturated rings. The Morgan fingerprint density at radius 1 is 1.38 bits per heavy atom. The maximum absolute atomic E-state index is 12.6. The number of carbonyl (C=O) groups is 1. The summed E-state index contributed by atoms with van der Waals surface area (Å²) in [4.78, 5) is 18.9. The van der Waals surface area contributed by atoms with E-state index in [-0.39, 0.29) is 17.7 Å². The Bertz CT molecular complexity index is 866. The maximum Gasteiger partial charge on any atom is 0.410 e. The second-order valence-corrected chi connectivity index (χ2v) is 9.00. The lowest BCUT2D eigenvalue weighted by molar-refractivity contribution is 0.0000155. The summed E-state index contributed by atoms with van der Waals surface area (Å²) >= 11 is 6.07. The average Bonchev–Trinajstić information content (AvgIpc) is 3.12. The zero-order valence-electron chi connectivity index (χ0n) is 15.8. The largest absolute Gasteiger partial charge is 0.444 e. The first-order chi connectivity index (χ1) is 12.2. The van der Waals surface area contributed by atoms with Gasteiger partial charge < -0.3 is 9.64 Å². The fourth-order valence-corrected chi connectivity index (χ4v) is 4.19. The van der Waals surface area contributed by atoms with Crippen LogP contribution in [0.2, 0.25) is 5.15 Å². The number of aromatic nitrogens is 3. The predicted octanol–water partition coefficient (Wildman–Crippen LogP) is 4.50. The van der Waals surface area contributed by atoms with E-state index in [1.807, 2.05) is 49.5 Å². The molecular weight excluding hydrogens is 352 g/mol. The van der Waals surface area contributed by atoms with Gasteiger partial charge in [0, 0.05) is 12.1 Å². The molecule has 1 saturated heterocycles. The lowest BCUT2D eigenvalue weighted by Gasteiger charge is -2.40. The smallest absolute Gasteiger partial charge is 0.410 e. The molecule has 6 nitrogen and oxygen atoms in total.